The Hall–Kier alpha value is -1.87. The highest BCUT2D eigenvalue weighted by molar-refractivity contribution is 6.33. The molecule has 0 saturated heterocycles. The molecular formula is C16H17ClN2O. The van der Waals surface area contributed by atoms with Crippen molar-refractivity contribution in [1.82, 2.24) is 9.88 Å². The monoisotopic (exact) mass is 288 g/mol. The van der Waals surface area contributed by atoms with Gasteiger partial charge in [0.05, 0.1) is 10.6 Å². The van der Waals surface area contributed by atoms with E-state index in [2.05, 4.69) is 11.1 Å². The van der Waals surface area contributed by atoms with Gasteiger partial charge >= 0.3 is 0 Å². The first-order valence-electron chi connectivity index (χ1n) is 6.40. The van der Waals surface area contributed by atoms with Crippen molar-refractivity contribution in [2.45, 2.75) is 20.4 Å². The van der Waals surface area contributed by atoms with Crippen LogP contribution in [0.5, 0.6) is 0 Å². The van der Waals surface area contributed by atoms with Gasteiger partial charge in [0.15, 0.2) is 0 Å². The van der Waals surface area contributed by atoms with Gasteiger partial charge in [-0.1, -0.05) is 41.4 Å². The van der Waals surface area contributed by atoms with Gasteiger partial charge in [-0.25, -0.2) is 0 Å². The number of aryl methyl sites for hydroxylation is 2. The number of aromatic nitrogens is 1. The minimum absolute atomic E-state index is 0.121. The minimum atomic E-state index is -0.121. The summed E-state index contributed by atoms with van der Waals surface area (Å²) in [5.41, 5.74) is 3.51. The number of carbonyl (C=O) groups is 1. The van der Waals surface area contributed by atoms with E-state index < -0.39 is 0 Å². The zero-order valence-corrected chi connectivity index (χ0v) is 12.6. The lowest BCUT2D eigenvalue weighted by Crippen LogP contribution is -2.26. The molecular weight excluding hydrogens is 272 g/mol. The van der Waals surface area contributed by atoms with Crippen LogP contribution in [0.25, 0.3) is 0 Å². The molecule has 1 heterocycles. The van der Waals surface area contributed by atoms with Crippen molar-refractivity contribution in [2.75, 3.05) is 7.05 Å². The Morgan fingerprint density at radius 2 is 2.05 bits per heavy atom. The molecule has 0 aliphatic rings. The van der Waals surface area contributed by atoms with Crippen LogP contribution in [0.15, 0.2) is 36.5 Å². The molecule has 0 unspecified atom stereocenters. The summed E-state index contributed by atoms with van der Waals surface area (Å²) in [4.78, 5) is 18.1. The zero-order valence-electron chi connectivity index (χ0n) is 11.9. The van der Waals surface area contributed by atoms with Crippen LogP contribution in [-0.4, -0.2) is 22.8 Å². The third-order valence-corrected chi connectivity index (χ3v) is 3.38. The van der Waals surface area contributed by atoms with Gasteiger partial charge in [-0.05, 0) is 25.5 Å². The highest BCUT2D eigenvalue weighted by atomic mass is 35.5. The molecule has 0 aliphatic heterocycles. The molecule has 104 valence electrons. The molecule has 0 atom stereocenters. The molecule has 1 amide bonds. The number of hydrogen-bond donors (Lipinski definition) is 0. The molecule has 0 saturated carbocycles. The van der Waals surface area contributed by atoms with E-state index in [1.807, 2.05) is 32.0 Å². The van der Waals surface area contributed by atoms with Crippen molar-refractivity contribution in [2.24, 2.45) is 0 Å². The van der Waals surface area contributed by atoms with Gasteiger partial charge in [-0.15, -0.1) is 0 Å². The first-order valence-corrected chi connectivity index (χ1v) is 6.78. The molecule has 4 heteroatoms. The second kappa shape index (κ2) is 6.06. The van der Waals surface area contributed by atoms with Crippen LogP contribution in [0.2, 0.25) is 5.02 Å². The Labute approximate surface area is 124 Å². The summed E-state index contributed by atoms with van der Waals surface area (Å²) in [6.45, 7) is 4.42. The maximum absolute atomic E-state index is 12.4. The van der Waals surface area contributed by atoms with Gasteiger partial charge in [0.1, 0.15) is 0 Å². The van der Waals surface area contributed by atoms with E-state index in [1.165, 1.54) is 11.8 Å². The first-order chi connectivity index (χ1) is 9.47. The number of hydrogen-bond acceptors (Lipinski definition) is 2. The highest BCUT2D eigenvalue weighted by Gasteiger charge is 2.16. The molecule has 0 N–H and O–H groups in total. The second-order valence-corrected chi connectivity index (χ2v) is 5.36. The van der Waals surface area contributed by atoms with Crippen LogP contribution in [-0.2, 0) is 6.54 Å². The molecule has 0 spiro atoms. The van der Waals surface area contributed by atoms with Gasteiger partial charge in [-0.3, -0.25) is 9.78 Å². The Balaban J connectivity index is 2.16. The van der Waals surface area contributed by atoms with Crippen LogP contribution in [0.3, 0.4) is 0 Å². The van der Waals surface area contributed by atoms with Crippen LogP contribution in [0, 0.1) is 13.8 Å². The average molecular weight is 289 g/mol. The molecule has 1 aromatic heterocycles. The SMILES string of the molecule is Cc1cccc(CN(C)C(=O)c2cnc(C)cc2Cl)c1. The summed E-state index contributed by atoms with van der Waals surface area (Å²) in [5, 5.41) is 0.443. The van der Waals surface area contributed by atoms with Crippen LogP contribution in [0.4, 0.5) is 0 Å². The van der Waals surface area contributed by atoms with E-state index in [0.29, 0.717) is 17.1 Å². The molecule has 20 heavy (non-hydrogen) atoms. The van der Waals surface area contributed by atoms with Crippen LogP contribution in [0.1, 0.15) is 27.2 Å². The maximum Gasteiger partial charge on any atom is 0.256 e. The van der Waals surface area contributed by atoms with Crippen molar-refractivity contribution in [1.29, 1.82) is 0 Å². The molecule has 3 nitrogen and oxygen atoms in total. The van der Waals surface area contributed by atoms with Crippen LogP contribution >= 0.6 is 11.6 Å². The number of carbonyl (C=O) groups excluding carboxylic acids is 1. The lowest BCUT2D eigenvalue weighted by Gasteiger charge is -2.18. The van der Waals surface area contributed by atoms with E-state index in [4.69, 9.17) is 11.6 Å². The number of nitrogens with zero attached hydrogens (tertiary/aromatic N) is 2. The second-order valence-electron chi connectivity index (χ2n) is 4.96. The Morgan fingerprint density at radius 1 is 1.30 bits per heavy atom. The number of halogens is 1. The normalized spacial score (nSPS) is 10.4. The van der Waals surface area contributed by atoms with E-state index in [0.717, 1.165) is 11.3 Å². The van der Waals surface area contributed by atoms with Crippen molar-refractivity contribution in [3.8, 4) is 0 Å². The van der Waals surface area contributed by atoms with E-state index >= 15 is 0 Å². The quantitative estimate of drug-likeness (QED) is 0.864. The molecule has 0 aliphatic carbocycles. The summed E-state index contributed by atoms with van der Waals surface area (Å²) in [6, 6.07) is 9.80. The minimum Gasteiger partial charge on any atom is -0.337 e. The van der Waals surface area contributed by atoms with Gasteiger partial charge in [0.2, 0.25) is 0 Å². The summed E-state index contributed by atoms with van der Waals surface area (Å²) in [6.07, 6.45) is 1.53. The number of benzene rings is 1. The van der Waals surface area contributed by atoms with Crippen molar-refractivity contribution < 1.29 is 4.79 Å². The van der Waals surface area contributed by atoms with Crippen molar-refractivity contribution in [3.63, 3.8) is 0 Å². The van der Waals surface area contributed by atoms with E-state index in [9.17, 15) is 4.79 Å². The third-order valence-electron chi connectivity index (χ3n) is 3.07. The number of rotatable bonds is 3. The largest absolute Gasteiger partial charge is 0.337 e. The topological polar surface area (TPSA) is 33.2 Å². The maximum atomic E-state index is 12.4. The fraction of sp³-hybridized carbons (Fsp3) is 0.250. The van der Waals surface area contributed by atoms with Crippen molar-refractivity contribution >= 4 is 17.5 Å². The van der Waals surface area contributed by atoms with Gasteiger partial charge < -0.3 is 4.90 Å². The van der Waals surface area contributed by atoms with Gasteiger partial charge in [-0.2, -0.15) is 0 Å². The number of amides is 1. The fourth-order valence-corrected chi connectivity index (χ4v) is 2.33. The molecule has 0 radical (unpaired) electrons. The first kappa shape index (κ1) is 14.5. The van der Waals surface area contributed by atoms with Crippen molar-refractivity contribution in [3.05, 3.63) is 63.9 Å². The third kappa shape index (κ3) is 3.36. The predicted octanol–water partition coefficient (Wildman–Crippen LogP) is 3.62. The summed E-state index contributed by atoms with van der Waals surface area (Å²) in [7, 11) is 1.76. The summed E-state index contributed by atoms with van der Waals surface area (Å²) >= 11 is 6.11. The van der Waals surface area contributed by atoms with Gasteiger partial charge in [0, 0.05) is 25.5 Å². The standard InChI is InChI=1S/C16H17ClN2O/c1-11-5-4-6-13(7-11)10-19(3)16(20)14-9-18-12(2)8-15(14)17/h4-9H,10H2,1-3H3. The van der Waals surface area contributed by atoms with E-state index in [-0.39, 0.29) is 5.91 Å². The Kier molecular flexibility index (Phi) is 4.40. The smallest absolute Gasteiger partial charge is 0.256 e. The van der Waals surface area contributed by atoms with E-state index in [1.54, 1.807) is 18.0 Å². The fourth-order valence-electron chi connectivity index (χ4n) is 2.05. The lowest BCUT2D eigenvalue weighted by atomic mass is 10.1. The average Bonchev–Trinajstić information content (AvgIpc) is 2.38. The Bertz CT molecular complexity index is 640. The highest BCUT2D eigenvalue weighted by Crippen LogP contribution is 2.18. The van der Waals surface area contributed by atoms with Gasteiger partial charge in [0.25, 0.3) is 5.91 Å². The molecule has 1 aromatic carbocycles. The summed E-state index contributed by atoms with van der Waals surface area (Å²) in [5.74, 6) is -0.121. The molecule has 2 rings (SSSR count). The lowest BCUT2D eigenvalue weighted by molar-refractivity contribution is 0.0785. The summed E-state index contributed by atoms with van der Waals surface area (Å²) < 4.78 is 0. The molecule has 0 bridgehead atoms. The Morgan fingerprint density at radius 3 is 2.70 bits per heavy atom. The zero-order chi connectivity index (χ0) is 14.7. The molecule has 0 fully saturated rings. The molecule has 2 aromatic rings. The number of pyridine rings is 1. The van der Waals surface area contributed by atoms with Crippen LogP contribution < -0.4 is 0 Å². The predicted molar refractivity (Wildman–Crippen MR) is 81.0 cm³/mol.